The first kappa shape index (κ1) is 23.8. The standard InChI is InChI=1S/C26H31N7O3/c1-16(34)28-23-13-19(8-10-27-23)36-18-6-7-20-21(12-18)32(5)25(29-20)30-24-14-22(26(2,3)4)31-33(24)17-9-11-35-15-17/h6-8,10,12-14,17H,9,11,15H2,1-5H3,(H2,27,28,29,30,31,34)/p+1/t17-/m1/s1. The number of rotatable bonds is 6. The fourth-order valence-electron chi connectivity index (χ4n) is 4.24. The van der Waals surface area contributed by atoms with Gasteiger partial charge in [-0.15, -0.1) is 0 Å². The largest absolute Gasteiger partial charge is 0.457 e. The number of anilines is 3. The average Bonchev–Trinajstić information content (AvgIpc) is 3.54. The number of aromatic amines is 1. The van der Waals surface area contributed by atoms with E-state index in [1.807, 2.05) is 29.8 Å². The lowest BCUT2D eigenvalue weighted by Gasteiger charge is -2.14. The fraction of sp³-hybridized carbons (Fsp3) is 0.385. The number of aryl methyl sites for hydroxylation is 1. The number of amides is 1. The van der Waals surface area contributed by atoms with Crippen molar-refractivity contribution in [3.8, 4) is 11.5 Å². The van der Waals surface area contributed by atoms with Gasteiger partial charge in [0.05, 0.1) is 36.0 Å². The van der Waals surface area contributed by atoms with Crippen molar-refractivity contribution >= 4 is 34.5 Å². The summed E-state index contributed by atoms with van der Waals surface area (Å²) in [5.74, 6) is 3.17. The van der Waals surface area contributed by atoms with Gasteiger partial charge in [-0.3, -0.25) is 9.36 Å². The molecular weight excluding hydrogens is 458 g/mol. The molecule has 0 aliphatic carbocycles. The molecule has 0 radical (unpaired) electrons. The molecule has 1 atom stereocenters. The van der Waals surface area contributed by atoms with Gasteiger partial charge < -0.3 is 14.8 Å². The number of carbonyl (C=O) groups excluding carboxylic acids is 1. The van der Waals surface area contributed by atoms with Crippen LogP contribution in [0.4, 0.5) is 17.6 Å². The van der Waals surface area contributed by atoms with Gasteiger partial charge in [0, 0.05) is 44.1 Å². The Morgan fingerprint density at radius 1 is 1.22 bits per heavy atom. The Morgan fingerprint density at radius 3 is 2.75 bits per heavy atom. The molecule has 0 spiro atoms. The Kier molecular flexibility index (Phi) is 6.13. The number of fused-ring (bicyclic) bond motifs is 1. The molecule has 1 fully saturated rings. The Balaban J connectivity index is 1.43. The molecule has 0 bridgehead atoms. The summed E-state index contributed by atoms with van der Waals surface area (Å²) in [4.78, 5) is 20.3. The van der Waals surface area contributed by atoms with E-state index in [4.69, 9.17) is 14.5 Å². The minimum absolute atomic E-state index is 0.0213. The summed E-state index contributed by atoms with van der Waals surface area (Å²) in [6, 6.07) is 11.6. The van der Waals surface area contributed by atoms with Crippen LogP contribution in [0.1, 0.15) is 45.9 Å². The Morgan fingerprint density at radius 2 is 2.03 bits per heavy atom. The monoisotopic (exact) mass is 490 g/mol. The van der Waals surface area contributed by atoms with E-state index < -0.39 is 0 Å². The van der Waals surface area contributed by atoms with Gasteiger partial charge in [0.1, 0.15) is 23.4 Å². The van der Waals surface area contributed by atoms with Gasteiger partial charge in [0.15, 0.2) is 0 Å². The second kappa shape index (κ2) is 9.27. The maximum atomic E-state index is 11.3. The van der Waals surface area contributed by atoms with E-state index in [0.29, 0.717) is 23.9 Å². The average molecular weight is 491 g/mol. The van der Waals surface area contributed by atoms with E-state index in [2.05, 4.69) is 52.2 Å². The Hall–Kier alpha value is -3.92. The Labute approximate surface area is 209 Å². The number of hydrogen-bond acceptors (Lipinski definition) is 6. The number of ether oxygens (including phenoxy) is 2. The molecule has 10 heteroatoms. The predicted octanol–water partition coefficient (Wildman–Crippen LogP) is 4.34. The van der Waals surface area contributed by atoms with Crippen LogP contribution < -0.4 is 20.1 Å². The normalized spacial score (nSPS) is 15.9. The van der Waals surface area contributed by atoms with Crippen LogP contribution in [0.5, 0.6) is 11.5 Å². The molecule has 1 amide bonds. The predicted molar refractivity (Wildman–Crippen MR) is 137 cm³/mol. The van der Waals surface area contributed by atoms with Crippen LogP contribution in [0.15, 0.2) is 42.6 Å². The van der Waals surface area contributed by atoms with Crippen LogP contribution in [0.25, 0.3) is 11.0 Å². The Bertz CT molecular complexity index is 1410. The number of benzene rings is 1. The van der Waals surface area contributed by atoms with E-state index in [-0.39, 0.29) is 17.4 Å². The third kappa shape index (κ3) is 4.90. The third-order valence-corrected chi connectivity index (χ3v) is 6.22. The van der Waals surface area contributed by atoms with Crippen LogP contribution in [-0.2, 0) is 22.0 Å². The second-order valence-electron chi connectivity index (χ2n) is 10.1. The zero-order chi connectivity index (χ0) is 25.4. The lowest BCUT2D eigenvalue weighted by molar-refractivity contribution is -0.759. The number of pyridine rings is 1. The topological polar surface area (TPSA) is 110 Å². The minimum atomic E-state index is -0.185. The van der Waals surface area contributed by atoms with E-state index in [9.17, 15) is 4.79 Å². The maximum Gasteiger partial charge on any atom is 0.302 e. The van der Waals surface area contributed by atoms with Crippen LogP contribution >= 0.6 is 0 Å². The van der Waals surface area contributed by atoms with Gasteiger partial charge in [-0.1, -0.05) is 20.8 Å². The van der Waals surface area contributed by atoms with Crippen LogP contribution in [0.2, 0.25) is 0 Å². The van der Waals surface area contributed by atoms with E-state index >= 15 is 0 Å². The van der Waals surface area contributed by atoms with E-state index in [0.717, 1.165) is 41.5 Å². The maximum absolute atomic E-state index is 11.3. The molecule has 3 aromatic heterocycles. The summed E-state index contributed by atoms with van der Waals surface area (Å²) in [5.41, 5.74) is 2.89. The second-order valence-corrected chi connectivity index (χ2v) is 10.1. The first-order chi connectivity index (χ1) is 17.2. The lowest BCUT2D eigenvalue weighted by atomic mass is 9.92. The van der Waals surface area contributed by atoms with Gasteiger partial charge in [-0.05, 0) is 18.2 Å². The molecule has 10 nitrogen and oxygen atoms in total. The van der Waals surface area contributed by atoms with E-state index in [1.54, 1.807) is 18.3 Å². The summed E-state index contributed by atoms with van der Waals surface area (Å²) in [6.45, 7) is 9.46. The zero-order valence-corrected chi connectivity index (χ0v) is 21.3. The van der Waals surface area contributed by atoms with Crippen LogP contribution in [0.3, 0.4) is 0 Å². The molecule has 5 rings (SSSR count). The molecule has 188 valence electrons. The number of nitrogens with zero attached hydrogens (tertiary/aromatic N) is 4. The number of imidazole rings is 1. The summed E-state index contributed by atoms with van der Waals surface area (Å²) >= 11 is 0. The van der Waals surface area contributed by atoms with Crippen molar-refractivity contribution < 1.29 is 19.0 Å². The van der Waals surface area contributed by atoms with E-state index in [1.165, 1.54) is 6.92 Å². The highest BCUT2D eigenvalue weighted by Crippen LogP contribution is 2.30. The molecule has 1 aliphatic rings. The quantitative estimate of drug-likeness (QED) is 0.347. The summed E-state index contributed by atoms with van der Waals surface area (Å²) in [6.07, 6.45) is 2.56. The number of H-pyrrole nitrogens is 1. The molecule has 0 unspecified atom stereocenters. The van der Waals surface area contributed by atoms with Gasteiger partial charge in [0.2, 0.25) is 5.91 Å². The highest BCUT2D eigenvalue weighted by atomic mass is 16.5. The van der Waals surface area contributed by atoms with Crippen LogP contribution in [-0.4, -0.2) is 38.8 Å². The van der Waals surface area contributed by atoms with Crippen molar-refractivity contribution in [1.82, 2.24) is 19.6 Å². The first-order valence-electron chi connectivity index (χ1n) is 12.0. The highest BCUT2D eigenvalue weighted by molar-refractivity contribution is 5.87. The SMILES string of the molecule is CC(=O)Nc1cc(Oc2ccc3nc(Nc4cc(C(C)(C)C)[nH][n+]4[C@@H]4CCOC4)n(C)c3c2)ccn1. The van der Waals surface area contributed by atoms with Crippen molar-refractivity contribution in [2.75, 3.05) is 23.8 Å². The van der Waals surface area contributed by atoms with Gasteiger partial charge in [0.25, 0.3) is 5.95 Å². The molecule has 3 N–H and O–H groups in total. The third-order valence-electron chi connectivity index (χ3n) is 6.22. The molecule has 0 saturated carbocycles. The number of aromatic nitrogens is 5. The molecular formula is C26H32N7O3+. The van der Waals surface area contributed by atoms with Crippen LogP contribution in [0, 0.1) is 0 Å². The molecule has 36 heavy (non-hydrogen) atoms. The first-order valence-corrected chi connectivity index (χ1v) is 12.0. The zero-order valence-electron chi connectivity index (χ0n) is 21.3. The number of nitrogens with one attached hydrogen (secondary N) is 3. The lowest BCUT2D eigenvalue weighted by Crippen LogP contribution is -2.44. The van der Waals surface area contributed by atoms with Gasteiger partial charge >= 0.3 is 5.82 Å². The molecule has 4 aromatic rings. The van der Waals surface area contributed by atoms with Crippen molar-refractivity contribution in [1.29, 1.82) is 0 Å². The summed E-state index contributed by atoms with van der Waals surface area (Å²) < 4.78 is 15.9. The fourth-order valence-corrected chi connectivity index (χ4v) is 4.24. The minimum Gasteiger partial charge on any atom is -0.457 e. The highest BCUT2D eigenvalue weighted by Gasteiger charge is 2.31. The molecule has 1 saturated heterocycles. The smallest absolute Gasteiger partial charge is 0.302 e. The van der Waals surface area contributed by atoms with Crippen molar-refractivity contribution in [2.45, 2.75) is 45.6 Å². The van der Waals surface area contributed by atoms with Crippen molar-refractivity contribution in [3.63, 3.8) is 0 Å². The number of carbonyl (C=O) groups is 1. The van der Waals surface area contributed by atoms with Gasteiger partial charge in [-0.2, -0.15) is 9.67 Å². The van der Waals surface area contributed by atoms with Crippen molar-refractivity contribution in [2.24, 2.45) is 7.05 Å². The molecule has 1 aliphatic heterocycles. The summed E-state index contributed by atoms with van der Waals surface area (Å²) in [7, 11) is 1.98. The molecule has 1 aromatic carbocycles. The number of hydrogen-bond donors (Lipinski definition) is 3. The molecule has 4 heterocycles. The van der Waals surface area contributed by atoms with Crippen molar-refractivity contribution in [3.05, 3.63) is 48.3 Å². The van der Waals surface area contributed by atoms with Gasteiger partial charge in [-0.25, -0.2) is 15.4 Å². The summed E-state index contributed by atoms with van der Waals surface area (Å²) in [5, 5.41) is 9.78.